The first-order valence-corrected chi connectivity index (χ1v) is 20.0. The van der Waals surface area contributed by atoms with Crippen molar-refractivity contribution in [2.45, 2.75) is 37.8 Å². The first kappa shape index (κ1) is 43.5. The molecule has 22 heteroatoms. The van der Waals surface area contributed by atoms with Crippen LogP contribution in [0.2, 0.25) is 20.1 Å². The van der Waals surface area contributed by atoms with Crippen molar-refractivity contribution < 1.29 is 32.1 Å². The fourth-order valence-electron chi connectivity index (χ4n) is 5.35. The van der Waals surface area contributed by atoms with Gasteiger partial charge in [-0.05, 0) is 76.1 Å². The summed E-state index contributed by atoms with van der Waals surface area (Å²) in [6.45, 7) is 3.45. The average molecular weight is 861 g/mol. The van der Waals surface area contributed by atoms with Crippen LogP contribution in [0.4, 0.5) is 11.4 Å². The van der Waals surface area contributed by atoms with Crippen molar-refractivity contribution in [1.29, 1.82) is 0 Å². The Hall–Kier alpha value is -4.27. The Morgan fingerprint density at radius 3 is 1.25 bits per heavy atom. The highest BCUT2D eigenvalue weighted by Gasteiger charge is 2.24. The predicted octanol–water partition coefficient (Wildman–Crippen LogP) is 4.41. The first-order chi connectivity index (χ1) is 26.1. The number of carbonyl (C=O) groups is 4. The first-order valence-electron chi connectivity index (χ1n) is 16.7. The lowest BCUT2D eigenvalue weighted by Gasteiger charge is -2.23. The van der Waals surface area contributed by atoms with Crippen LogP contribution in [0.25, 0.3) is 0 Å². The van der Waals surface area contributed by atoms with Crippen LogP contribution in [0.5, 0.6) is 0 Å². The van der Waals surface area contributed by atoms with Crippen LogP contribution in [-0.4, -0.2) is 102 Å². The summed E-state index contributed by atoms with van der Waals surface area (Å²) in [7, 11) is -3.67. The topological polar surface area (TPSA) is 252 Å². The third-order valence-electron chi connectivity index (χ3n) is 7.96. The minimum atomic E-state index is -3.67. The number of H-pyrrole nitrogens is 2. The molecule has 6 rings (SSSR count). The zero-order valence-electron chi connectivity index (χ0n) is 29.1. The standard InChI is InChI=1S/2C16H17Cl2N5O2.CH4O3S/c2*17-10-2-1-3-11(18)13(10)15(24)22-12-8-20-23-14(12)16(25)21-9-4-6-19-7-5-9;1-5(2,3)4/h2*1-3,8-9,19H,4-7H2,(H,20,23)(H,21,25)(H,22,24);1H3,(H,2,3,4). The maximum atomic E-state index is 12.5. The Bertz CT molecular complexity index is 1900. The van der Waals surface area contributed by atoms with Crippen molar-refractivity contribution in [2.24, 2.45) is 0 Å². The molecular weight excluding hydrogens is 822 g/mol. The van der Waals surface area contributed by atoms with Gasteiger partial charge in [-0.1, -0.05) is 58.5 Å². The van der Waals surface area contributed by atoms with Crippen LogP contribution >= 0.6 is 46.4 Å². The molecule has 0 atom stereocenters. The highest BCUT2D eigenvalue weighted by Crippen LogP contribution is 2.27. The van der Waals surface area contributed by atoms with E-state index in [1.807, 2.05) is 0 Å². The van der Waals surface area contributed by atoms with Crippen LogP contribution in [-0.2, 0) is 10.1 Å². The number of rotatable bonds is 8. The molecule has 4 heterocycles. The summed E-state index contributed by atoms with van der Waals surface area (Å²) in [5.41, 5.74) is 1.22. The molecule has 4 amide bonds. The molecule has 2 aromatic heterocycles. The largest absolute Gasteiger partial charge is 0.348 e. The second kappa shape index (κ2) is 20.6. The summed E-state index contributed by atoms with van der Waals surface area (Å²) in [5, 5.41) is 31.5. The third-order valence-corrected chi connectivity index (χ3v) is 9.22. The molecule has 0 bridgehead atoms. The van der Waals surface area contributed by atoms with Gasteiger partial charge in [-0.2, -0.15) is 18.6 Å². The summed E-state index contributed by atoms with van der Waals surface area (Å²) < 4.78 is 25.9. The summed E-state index contributed by atoms with van der Waals surface area (Å²) in [4.78, 5) is 49.8. The van der Waals surface area contributed by atoms with Crippen LogP contribution in [0, 0.1) is 0 Å². The average Bonchev–Trinajstić information content (AvgIpc) is 3.78. The van der Waals surface area contributed by atoms with Crippen molar-refractivity contribution in [3.63, 3.8) is 0 Å². The molecule has 4 aromatic rings. The molecule has 0 spiro atoms. The summed E-state index contributed by atoms with van der Waals surface area (Å²) in [6.07, 6.45) is 6.90. The van der Waals surface area contributed by atoms with E-state index in [-0.39, 0.29) is 77.9 Å². The van der Waals surface area contributed by atoms with E-state index in [2.05, 4.69) is 52.3 Å². The Labute approximate surface area is 336 Å². The second-order valence-electron chi connectivity index (χ2n) is 12.1. The molecule has 0 aliphatic carbocycles. The zero-order chi connectivity index (χ0) is 40.1. The zero-order valence-corrected chi connectivity index (χ0v) is 33.0. The van der Waals surface area contributed by atoms with E-state index < -0.39 is 21.9 Å². The number of halogens is 4. The van der Waals surface area contributed by atoms with E-state index >= 15 is 0 Å². The third kappa shape index (κ3) is 13.5. The van der Waals surface area contributed by atoms with Crippen molar-refractivity contribution in [2.75, 3.05) is 43.1 Å². The minimum absolute atomic E-state index is 0.0959. The number of anilines is 2. The highest BCUT2D eigenvalue weighted by molar-refractivity contribution is 7.85. The van der Waals surface area contributed by atoms with Gasteiger partial charge in [-0.3, -0.25) is 33.9 Å². The van der Waals surface area contributed by atoms with Gasteiger partial charge in [-0.25, -0.2) is 0 Å². The Kier molecular flexibility index (Phi) is 16.3. The molecule has 0 unspecified atom stereocenters. The highest BCUT2D eigenvalue weighted by atomic mass is 35.5. The Morgan fingerprint density at radius 1 is 0.636 bits per heavy atom. The Morgan fingerprint density at radius 2 is 0.945 bits per heavy atom. The number of hydrogen-bond donors (Lipinski definition) is 9. The lowest BCUT2D eigenvalue weighted by molar-refractivity contribution is 0.0916. The number of benzene rings is 2. The maximum Gasteiger partial charge on any atom is 0.271 e. The van der Waals surface area contributed by atoms with E-state index in [1.165, 1.54) is 12.4 Å². The molecule has 9 N–H and O–H groups in total. The van der Waals surface area contributed by atoms with Crippen LogP contribution in [0.15, 0.2) is 48.8 Å². The van der Waals surface area contributed by atoms with Gasteiger partial charge in [0.1, 0.15) is 11.4 Å². The number of piperidine rings is 2. The summed E-state index contributed by atoms with van der Waals surface area (Å²) in [5.74, 6) is -1.64. The summed E-state index contributed by atoms with van der Waals surface area (Å²) in [6, 6.07) is 9.78. The van der Waals surface area contributed by atoms with E-state index in [4.69, 9.17) is 51.0 Å². The number of amides is 4. The van der Waals surface area contributed by atoms with E-state index in [0.29, 0.717) is 6.26 Å². The number of aromatic amines is 2. The van der Waals surface area contributed by atoms with Gasteiger partial charge in [0.2, 0.25) is 0 Å². The molecule has 17 nitrogen and oxygen atoms in total. The smallest absolute Gasteiger partial charge is 0.271 e. The minimum Gasteiger partial charge on any atom is -0.348 e. The van der Waals surface area contributed by atoms with E-state index in [0.717, 1.165) is 51.9 Å². The SMILES string of the molecule is CS(=O)(=O)O.O=C(NC1CCNCC1)c1[nH]ncc1NC(=O)c1c(Cl)cccc1Cl.O=C(NC1CCNCC1)c1[nH]ncc1NC(=O)c1c(Cl)cccc1Cl. The number of hydrogen-bond acceptors (Lipinski definition) is 10. The maximum absolute atomic E-state index is 12.5. The number of aromatic nitrogens is 4. The molecular formula is C33H38Cl4N10O7S. The fraction of sp³-hybridized carbons (Fsp3) is 0.333. The van der Waals surface area contributed by atoms with Crippen molar-refractivity contribution in [3.05, 3.63) is 91.4 Å². The van der Waals surface area contributed by atoms with Crippen LogP contribution in [0.1, 0.15) is 67.4 Å². The normalized spacial score (nSPS) is 14.7. The van der Waals surface area contributed by atoms with Crippen molar-refractivity contribution >= 4 is 91.5 Å². The molecule has 0 radical (unpaired) electrons. The van der Waals surface area contributed by atoms with Crippen molar-refractivity contribution in [1.82, 2.24) is 41.7 Å². The molecule has 55 heavy (non-hydrogen) atoms. The quantitative estimate of drug-likeness (QED) is 0.112. The second-order valence-corrected chi connectivity index (χ2v) is 15.2. The van der Waals surface area contributed by atoms with E-state index in [9.17, 15) is 27.6 Å². The van der Waals surface area contributed by atoms with Gasteiger partial charge in [0.25, 0.3) is 33.7 Å². The molecule has 2 aliphatic heterocycles. The van der Waals surface area contributed by atoms with Gasteiger partial charge in [-0.15, -0.1) is 0 Å². The number of nitrogens with one attached hydrogen (secondary N) is 8. The lowest BCUT2D eigenvalue weighted by atomic mass is 10.1. The Balaban J connectivity index is 0.000000218. The lowest BCUT2D eigenvalue weighted by Crippen LogP contribution is -2.43. The van der Waals surface area contributed by atoms with Gasteiger partial charge in [0, 0.05) is 12.1 Å². The fourth-order valence-corrected chi connectivity index (χ4v) is 6.49. The van der Waals surface area contributed by atoms with Crippen LogP contribution in [0.3, 0.4) is 0 Å². The molecule has 2 aromatic carbocycles. The molecule has 0 saturated carbocycles. The summed E-state index contributed by atoms with van der Waals surface area (Å²) >= 11 is 24.2. The van der Waals surface area contributed by atoms with Crippen molar-refractivity contribution in [3.8, 4) is 0 Å². The molecule has 2 fully saturated rings. The molecule has 2 saturated heterocycles. The van der Waals surface area contributed by atoms with E-state index in [1.54, 1.807) is 36.4 Å². The monoisotopic (exact) mass is 858 g/mol. The molecule has 296 valence electrons. The van der Waals surface area contributed by atoms with Gasteiger partial charge >= 0.3 is 0 Å². The van der Waals surface area contributed by atoms with Gasteiger partial charge < -0.3 is 31.9 Å². The number of carbonyl (C=O) groups excluding carboxylic acids is 4. The molecule has 2 aliphatic rings. The van der Waals surface area contributed by atoms with Gasteiger partial charge in [0.15, 0.2) is 0 Å². The van der Waals surface area contributed by atoms with Gasteiger partial charge in [0.05, 0.1) is 61.2 Å². The van der Waals surface area contributed by atoms with Crippen LogP contribution < -0.4 is 31.9 Å². The number of nitrogens with zero attached hydrogens (tertiary/aromatic N) is 2. The predicted molar refractivity (Wildman–Crippen MR) is 210 cm³/mol.